The molecule has 6 rings (SSSR count). The van der Waals surface area contributed by atoms with Crippen LogP contribution in [0.4, 0.5) is 5.69 Å². The van der Waals surface area contributed by atoms with E-state index in [4.69, 9.17) is 4.74 Å². The molecular formula is C34H39NO6S. The van der Waals surface area contributed by atoms with Gasteiger partial charge >= 0.3 is 5.97 Å². The third-order valence-corrected chi connectivity index (χ3v) is 11.3. The predicted molar refractivity (Wildman–Crippen MR) is 164 cm³/mol. The molecule has 3 N–H and O–H groups in total. The fourth-order valence-corrected chi connectivity index (χ4v) is 8.23. The summed E-state index contributed by atoms with van der Waals surface area (Å²) >= 11 is 0. The van der Waals surface area contributed by atoms with Gasteiger partial charge in [-0.05, 0) is 109 Å². The molecule has 0 unspecified atom stereocenters. The molecule has 2 atom stereocenters. The van der Waals surface area contributed by atoms with E-state index in [9.17, 15) is 23.4 Å². The van der Waals surface area contributed by atoms with E-state index in [2.05, 4.69) is 47.8 Å². The van der Waals surface area contributed by atoms with E-state index < -0.39 is 26.8 Å². The monoisotopic (exact) mass is 589 g/mol. The molecule has 3 aromatic carbocycles. The Morgan fingerprint density at radius 3 is 2.40 bits per heavy atom. The summed E-state index contributed by atoms with van der Waals surface area (Å²) in [6.45, 7) is 2.72. The number of carbonyl (C=O) groups is 1. The van der Waals surface area contributed by atoms with Crippen molar-refractivity contribution < 1.29 is 28.2 Å². The summed E-state index contributed by atoms with van der Waals surface area (Å²) in [7, 11) is -3.05. The van der Waals surface area contributed by atoms with E-state index in [1.54, 1.807) is 0 Å². The van der Waals surface area contributed by atoms with E-state index >= 15 is 0 Å². The molecule has 0 aromatic heterocycles. The molecule has 0 amide bonds. The number of hydrogen-bond donors (Lipinski definition) is 3. The fraction of sp³-hybridized carbons (Fsp3) is 0.441. The molecule has 1 heterocycles. The zero-order valence-corrected chi connectivity index (χ0v) is 24.9. The Bertz CT molecular complexity index is 1580. The Balaban J connectivity index is 1.12. The van der Waals surface area contributed by atoms with Crippen molar-refractivity contribution in [2.75, 3.05) is 23.4 Å². The van der Waals surface area contributed by atoms with Crippen LogP contribution in [0.3, 0.4) is 0 Å². The van der Waals surface area contributed by atoms with E-state index in [1.807, 2.05) is 25.1 Å². The van der Waals surface area contributed by atoms with Gasteiger partial charge < -0.3 is 20.3 Å². The van der Waals surface area contributed by atoms with Crippen LogP contribution in [0.1, 0.15) is 67.2 Å². The van der Waals surface area contributed by atoms with Gasteiger partial charge in [0.05, 0.1) is 16.9 Å². The van der Waals surface area contributed by atoms with Gasteiger partial charge in [-0.2, -0.15) is 0 Å². The Kier molecular flexibility index (Phi) is 7.56. The second kappa shape index (κ2) is 11.0. The summed E-state index contributed by atoms with van der Waals surface area (Å²) in [6, 6.07) is 21.0. The highest BCUT2D eigenvalue weighted by atomic mass is 32.2. The van der Waals surface area contributed by atoms with E-state index in [-0.39, 0.29) is 36.9 Å². The molecule has 3 aliphatic rings. The minimum atomic E-state index is -3.05. The second-order valence-corrected chi connectivity index (χ2v) is 14.7. The highest BCUT2D eigenvalue weighted by Crippen LogP contribution is 2.61. The summed E-state index contributed by atoms with van der Waals surface area (Å²) in [6.07, 6.45) is 4.76. The van der Waals surface area contributed by atoms with Gasteiger partial charge in [-0.25, -0.2) is 8.42 Å². The molecule has 2 fully saturated rings. The first-order valence-electron chi connectivity index (χ1n) is 15.0. The summed E-state index contributed by atoms with van der Waals surface area (Å²) < 4.78 is 29.5. The average Bonchev–Trinajstić information content (AvgIpc) is 3.77. The van der Waals surface area contributed by atoms with Crippen LogP contribution in [0.25, 0.3) is 11.1 Å². The number of aliphatic hydroxyl groups is 1. The fourth-order valence-electron chi connectivity index (χ4n) is 6.64. The van der Waals surface area contributed by atoms with Gasteiger partial charge in [-0.1, -0.05) is 37.3 Å². The van der Waals surface area contributed by atoms with Gasteiger partial charge in [0.1, 0.15) is 18.0 Å². The predicted octanol–water partition coefficient (Wildman–Crippen LogP) is 5.74. The number of nitrogens with one attached hydrogen (secondary N) is 1. The molecular weight excluding hydrogens is 550 g/mol. The molecule has 2 aliphatic carbocycles. The van der Waals surface area contributed by atoms with Gasteiger partial charge in [0.2, 0.25) is 0 Å². The molecule has 7 nitrogen and oxygen atoms in total. The lowest BCUT2D eigenvalue weighted by Crippen LogP contribution is -2.43. The van der Waals surface area contributed by atoms with Gasteiger partial charge in [0.15, 0.2) is 9.84 Å². The highest BCUT2D eigenvalue weighted by molar-refractivity contribution is 7.91. The van der Waals surface area contributed by atoms with Crippen molar-refractivity contribution in [3.63, 3.8) is 0 Å². The van der Waals surface area contributed by atoms with Crippen LogP contribution in [-0.2, 0) is 34.0 Å². The standard InChI is InChI=1S/C34H39NO6S/c1-2-34(32(36)37)20-31(34)25-8-10-27(11-9-25)35-21-23-6-7-24-4-3-5-26-19-28(12-13-29(26)30(24)18-23)41-22-33(38)14-16-42(39,40)17-15-33/h6-13,18-19,31,35,38H,2-5,14-17,20-22H2,1H3,(H,36,37)/t31-,34-/m0/s1. The van der Waals surface area contributed by atoms with E-state index in [0.29, 0.717) is 25.1 Å². The molecule has 0 radical (unpaired) electrons. The van der Waals surface area contributed by atoms with Gasteiger partial charge in [-0.15, -0.1) is 0 Å². The first kappa shape index (κ1) is 28.7. The van der Waals surface area contributed by atoms with Crippen LogP contribution in [0, 0.1) is 5.41 Å². The lowest BCUT2D eigenvalue weighted by molar-refractivity contribution is -0.143. The summed E-state index contributed by atoms with van der Waals surface area (Å²) in [5, 5.41) is 24.0. The van der Waals surface area contributed by atoms with Crippen LogP contribution < -0.4 is 10.1 Å². The summed E-state index contributed by atoms with van der Waals surface area (Å²) in [5.41, 5.74) is 6.56. The lowest BCUT2D eigenvalue weighted by Gasteiger charge is -2.31. The third kappa shape index (κ3) is 5.79. The Hall–Kier alpha value is -3.36. The van der Waals surface area contributed by atoms with Crippen molar-refractivity contribution in [2.24, 2.45) is 5.41 Å². The number of fused-ring (bicyclic) bond motifs is 3. The number of benzene rings is 3. The van der Waals surface area contributed by atoms with Crippen LogP contribution in [0.2, 0.25) is 0 Å². The second-order valence-electron chi connectivity index (χ2n) is 12.4. The number of anilines is 1. The van der Waals surface area contributed by atoms with E-state index in [1.165, 1.54) is 27.8 Å². The van der Waals surface area contributed by atoms with Gasteiger partial charge in [0.25, 0.3) is 0 Å². The van der Waals surface area contributed by atoms with E-state index in [0.717, 1.165) is 30.5 Å². The molecule has 1 saturated heterocycles. The molecule has 42 heavy (non-hydrogen) atoms. The Labute approximate surface area is 247 Å². The molecule has 1 saturated carbocycles. The number of sulfone groups is 1. The number of rotatable bonds is 9. The maximum atomic E-state index is 11.8. The quantitative estimate of drug-likeness (QED) is 0.292. The minimum Gasteiger partial charge on any atom is -0.491 e. The van der Waals surface area contributed by atoms with Crippen molar-refractivity contribution in [3.05, 3.63) is 82.9 Å². The number of aryl methyl sites for hydroxylation is 2. The average molecular weight is 590 g/mol. The van der Waals surface area contributed by atoms with Crippen LogP contribution in [-0.4, -0.2) is 48.3 Å². The molecule has 3 aromatic rings. The number of hydrogen-bond acceptors (Lipinski definition) is 6. The van der Waals surface area contributed by atoms with Gasteiger partial charge in [0, 0.05) is 18.2 Å². The van der Waals surface area contributed by atoms with Crippen molar-refractivity contribution >= 4 is 21.5 Å². The van der Waals surface area contributed by atoms with Crippen molar-refractivity contribution in [1.29, 1.82) is 0 Å². The van der Waals surface area contributed by atoms with Crippen LogP contribution >= 0.6 is 0 Å². The Morgan fingerprint density at radius 1 is 0.976 bits per heavy atom. The van der Waals surface area contributed by atoms with Crippen LogP contribution in [0.5, 0.6) is 5.75 Å². The number of carboxylic acids is 1. The zero-order chi connectivity index (χ0) is 29.5. The van der Waals surface area contributed by atoms with Crippen molar-refractivity contribution in [2.45, 2.75) is 69.9 Å². The molecule has 0 spiro atoms. The number of aliphatic carboxylic acids is 1. The minimum absolute atomic E-state index is 0.00315. The lowest BCUT2D eigenvalue weighted by atomic mass is 9.94. The van der Waals surface area contributed by atoms with Crippen molar-refractivity contribution in [1.82, 2.24) is 0 Å². The zero-order valence-electron chi connectivity index (χ0n) is 24.1. The SMILES string of the molecule is CC[C@]1(C(=O)O)C[C@H]1c1ccc(NCc2ccc3c(c2)-c2ccc(OCC4(O)CCS(=O)(=O)CC4)cc2CCC3)cc1. The molecule has 1 aliphatic heterocycles. The highest BCUT2D eigenvalue weighted by Gasteiger charge is 2.59. The smallest absolute Gasteiger partial charge is 0.310 e. The maximum Gasteiger partial charge on any atom is 0.310 e. The van der Waals surface area contributed by atoms with Crippen LogP contribution in [0.15, 0.2) is 60.7 Å². The topological polar surface area (TPSA) is 113 Å². The number of carboxylic acid groups (broad SMARTS) is 1. The largest absolute Gasteiger partial charge is 0.491 e. The molecule has 0 bridgehead atoms. The molecule has 222 valence electrons. The first-order valence-corrected chi connectivity index (χ1v) is 16.8. The van der Waals surface area contributed by atoms with Gasteiger partial charge in [-0.3, -0.25) is 4.79 Å². The summed E-state index contributed by atoms with van der Waals surface area (Å²) in [5.74, 6) is 0.113. The number of ether oxygens (including phenoxy) is 1. The van der Waals surface area contributed by atoms with Crippen molar-refractivity contribution in [3.8, 4) is 16.9 Å². The normalized spacial score (nSPS) is 23.6. The Morgan fingerprint density at radius 2 is 1.71 bits per heavy atom. The molecule has 8 heteroatoms. The summed E-state index contributed by atoms with van der Waals surface area (Å²) in [4.78, 5) is 11.7. The third-order valence-electron chi connectivity index (χ3n) is 9.64. The first-order chi connectivity index (χ1) is 20.1. The maximum absolute atomic E-state index is 11.8.